The molecular weight excluding hydrogens is 332 g/mol. The van der Waals surface area contributed by atoms with Crippen LogP contribution in [-0.2, 0) is 19.4 Å². The standard InChI is InChI=1S/C20H28N2O4/c1-22(2)18-14-12-17(13-15-18)9-6-7-10-19(23)21-16-8-4-5-11-20(24)26-25-3/h6-7,9-10,12-15H,4-5,8,11,16H2,1-3H3,(H,21,23)/b9-6+,10-7+. The van der Waals surface area contributed by atoms with E-state index in [9.17, 15) is 9.59 Å². The van der Waals surface area contributed by atoms with Gasteiger partial charge in [-0.15, -0.1) is 0 Å². The van der Waals surface area contributed by atoms with Crippen molar-refractivity contribution in [1.82, 2.24) is 5.32 Å². The van der Waals surface area contributed by atoms with Crippen molar-refractivity contribution in [2.45, 2.75) is 25.7 Å². The van der Waals surface area contributed by atoms with E-state index in [-0.39, 0.29) is 11.9 Å². The number of carbonyl (C=O) groups excluding carboxylic acids is 2. The quantitative estimate of drug-likeness (QED) is 0.216. The smallest absolute Gasteiger partial charge is 0.342 e. The highest BCUT2D eigenvalue weighted by Crippen LogP contribution is 2.13. The van der Waals surface area contributed by atoms with Crippen molar-refractivity contribution in [3.63, 3.8) is 0 Å². The number of amides is 1. The maximum atomic E-state index is 11.7. The van der Waals surface area contributed by atoms with Gasteiger partial charge in [0.05, 0.1) is 7.11 Å². The second-order valence-electron chi connectivity index (χ2n) is 5.93. The van der Waals surface area contributed by atoms with Gasteiger partial charge in [-0.25, -0.2) is 4.79 Å². The summed E-state index contributed by atoms with van der Waals surface area (Å²) in [5.41, 5.74) is 2.22. The van der Waals surface area contributed by atoms with Crippen LogP contribution in [0.25, 0.3) is 6.08 Å². The van der Waals surface area contributed by atoms with Crippen LogP contribution in [0.15, 0.2) is 42.5 Å². The average Bonchev–Trinajstić information content (AvgIpc) is 2.62. The van der Waals surface area contributed by atoms with Gasteiger partial charge in [0.2, 0.25) is 5.91 Å². The molecule has 0 spiro atoms. The third-order valence-corrected chi connectivity index (χ3v) is 3.59. The molecule has 142 valence electrons. The van der Waals surface area contributed by atoms with E-state index in [0.717, 1.165) is 24.1 Å². The van der Waals surface area contributed by atoms with Gasteiger partial charge in [-0.1, -0.05) is 36.8 Å². The van der Waals surface area contributed by atoms with Gasteiger partial charge in [-0.3, -0.25) is 9.68 Å². The molecule has 0 radical (unpaired) electrons. The number of anilines is 1. The summed E-state index contributed by atoms with van der Waals surface area (Å²) in [4.78, 5) is 33.4. The summed E-state index contributed by atoms with van der Waals surface area (Å²) in [6.45, 7) is 0.582. The second-order valence-corrected chi connectivity index (χ2v) is 5.93. The van der Waals surface area contributed by atoms with Crippen LogP contribution >= 0.6 is 0 Å². The number of benzene rings is 1. The summed E-state index contributed by atoms with van der Waals surface area (Å²) >= 11 is 0. The first-order valence-electron chi connectivity index (χ1n) is 8.66. The Kier molecular flexibility index (Phi) is 10.5. The lowest BCUT2D eigenvalue weighted by molar-refractivity contribution is -0.255. The Morgan fingerprint density at radius 3 is 2.46 bits per heavy atom. The Morgan fingerprint density at radius 1 is 1.08 bits per heavy atom. The number of allylic oxidation sites excluding steroid dienone is 2. The summed E-state index contributed by atoms with van der Waals surface area (Å²) in [6, 6.07) is 8.15. The maximum absolute atomic E-state index is 11.7. The molecular formula is C20H28N2O4. The Morgan fingerprint density at radius 2 is 1.81 bits per heavy atom. The van der Waals surface area contributed by atoms with Crippen LogP contribution in [0.4, 0.5) is 5.69 Å². The predicted molar refractivity (Wildman–Crippen MR) is 104 cm³/mol. The zero-order chi connectivity index (χ0) is 19.2. The third-order valence-electron chi connectivity index (χ3n) is 3.59. The summed E-state index contributed by atoms with van der Waals surface area (Å²) in [6.07, 6.45) is 9.69. The predicted octanol–water partition coefficient (Wildman–Crippen LogP) is 3.10. The van der Waals surface area contributed by atoms with E-state index in [1.54, 1.807) is 6.08 Å². The zero-order valence-electron chi connectivity index (χ0n) is 15.7. The van der Waals surface area contributed by atoms with Crippen molar-refractivity contribution in [1.29, 1.82) is 0 Å². The molecule has 0 saturated carbocycles. The Labute approximate surface area is 155 Å². The fraction of sp³-hybridized carbons (Fsp3) is 0.400. The van der Waals surface area contributed by atoms with Crippen LogP contribution in [0.5, 0.6) is 0 Å². The monoisotopic (exact) mass is 360 g/mol. The molecule has 1 N–H and O–H groups in total. The van der Waals surface area contributed by atoms with Gasteiger partial charge >= 0.3 is 5.97 Å². The fourth-order valence-corrected chi connectivity index (χ4v) is 2.17. The van der Waals surface area contributed by atoms with E-state index in [2.05, 4.69) is 15.1 Å². The highest BCUT2D eigenvalue weighted by atomic mass is 17.2. The summed E-state index contributed by atoms with van der Waals surface area (Å²) in [7, 11) is 5.31. The third kappa shape index (κ3) is 9.64. The second kappa shape index (κ2) is 12.7. The molecule has 0 heterocycles. The van der Waals surface area contributed by atoms with Gasteiger partial charge < -0.3 is 10.2 Å². The Hall–Kier alpha value is -2.60. The van der Waals surface area contributed by atoms with Crippen molar-refractivity contribution >= 4 is 23.6 Å². The molecule has 0 aliphatic carbocycles. The summed E-state index contributed by atoms with van der Waals surface area (Å²) < 4.78 is 0. The normalized spacial score (nSPS) is 11.0. The highest BCUT2D eigenvalue weighted by molar-refractivity contribution is 5.87. The van der Waals surface area contributed by atoms with Crippen LogP contribution in [0.1, 0.15) is 31.2 Å². The van der Waals surface area contributed by atoms with E-state index in [1.807, 2.05) is 55.4 Å². The Balaban J connectivity index is 2.17. The molecule has 6 nitrogen and oxygen atoms in total. The van der Waals surface area contributed by atoms with E-state index in [1.165, 1.54) is 13.2 Å². The Bertz CT molecular complexity index is 607. The van der Waals surface area contributed by atoms with Crippen LogP contribution < -0.4 is 10.2 Å². The summed E-state index contributed by atoms with van der Waals surface area (Å²) in [5, 5.41) is 2.81. The van der Waals surface area contributed by atoms with Gasteiger partial charge in [-0.2, -0.15) is 4.89 Å². The minimum Gasteiger partial charge on any atom is -0.378 e. The molecule has 0 atom stereocenters. The topological polar surface area (TPSA) is 67.9 Å². The molecule has 26 heavy (non-hydrogen) atoms. The molecule has 0 unspecified atom stereocenters. The molecule has 0 fully saturated rings. The first kappa shape index (κ1) is 21.4. The molecule has 0 aliphatic rings. The molecule has 1 aromatic rings. The van der Waals surface area contributed by atoms with E-state index in [4.69, 9.17) is 0 Å². The van der Waals surface area contributed by atoms with Gasteiger partial charge in [0.15, 0.2) is 0 Å². The number of carbonyl (C=O) groups is 2. The van der Waals surface area contributed by atoms with Gasteiger partial charge in [0.25, 0.3) is 0 Å². The van der Waals surface area contributed by atoms with E-state index >= 15 is 0 Å². The van der Waals surface area contributed by atoms with Crippen LogP contribution in [0.3, 0.4) is 0 Å². The van der Waals surface area contributed by atoms with Gasteiger partial charge in [0, 0.05) is 38.8 Å². The molecule has 0 bridgehead atoms. The number of nitrogens with one attached hydrogen (secondary N) is 1. The molecule has 0 aliphatic heterocycles. The molecule has 6 heteroatoms. The van der Waals surface area contributed by atoms with Crippen molar-refractivity contribution < 1.29 is 19.4 Å². The maximum Gasteiger partial charge on any atom is 0.342 e. The zero-order valence-corrected chi connectivity index (χ0v) is 15.7. The molecule has 0 aromatic heterocycles. The number of rotatable bonds is 11. The largest absolute Gasteiger partial charge is 0.378 e. The number of hydrogen-bond donors (Lipinski definition) is 1. The molecule has 1 aromatic carbocycles. The van der Waals surface area contributed by atoms with Crippen molar-refractivity contribution in [3.05, 3.63) is 48.1 Å². The minimum atomic E-state index is -0.373. The van der Waals surface area contributed by atoms with Crippen molar-refractivity contribution in [2.75, 3.05) is 32.6 Å². The molecule has 1 amide bonds. The van der Waals surface area contributed by atoms with Crippen LogP contribution in [-0.4, -0.2) is 39.6 Å². The first-order valence-corrected chi connectivity index (χ1v) is 8.66. The van der Waals surface area contributed by atoms with Crippen molar-refractivity contribution in [2.24, 2.45) is 0 Å². The summed E-state index contributed by atoms with van der Waals surface area (Å²) in [5.74, 6) is -0.501. The number of nitrogens with zero attached hydrogens (tertiary/aromatic N) is 1. The number of hydrogen-bond acceptors (Lipinski definition) is 5. The first-order chi connectivity index (χ1) is 12.5. The van der Waals surface area contributed by atoms with Gasteiger partial charge in [0.1, 0.15) is 0 Å². The SMILES string of the molecule is COOC(=O)CCCCCNC(=O)/C=C/C=C/c1ccc(N(C)C)cc1. The van der Waals surface area contributed by atoms with Crippen molar-refractivity contribution in [3.8, 4) is 0 Å². The molecule has 0 saturated heterocycles. The van der Waals surface area contributed by atoms with Gasteiger partial charge in [-0.05, 0) is 30.5 Å². The van der Waals surface area contributed by atoms with E-state index < -0.39 is 0 Å². The lowest BCUT2D eigenvalue weighted by atomic mass is 10.2. The average molecular weight is 360 g/mol. The fourth-order valence-electron chi connectivity index (χ4n) is 2.17. The number of unbranched alkanes of at least 4 members (excludes halogenated alkanes) is 2. The van der Waals surface area contributed by atoms with Crippen LogP contribution in [0, 0.1) is 0 Å². The lowest BCUT2D eigenvalue weighted by Gasteiger charge is -2.11. The van der Waals surface area contributed by atoms with E-state index in [0.29, 0.717) is 19.4 Å². The minimum absolute atomic E-state index is 0.128. The highest BCUT2D eigenvalue weighted by Gasteiger charge is 2.02. The lowest BCUT2D eigenvalue weighted by Crippen LogP contribution is -2.22. The van der Waals surface area contributed by atoms with Crippen LogP contribution in [0.2, 0.25) is 0 Å². The molecule has 1 rings (SSSR count).